The van der Waals surface area contributed by atoms with E-state index >= 15 is 0 Å². The van der Waals surface area contributed by atoms with Gasteiger partial charge in [-0.25, -0.2) is 0 Å². The molecule has 4 nitrogen and oxygen atoms in total. The second-order valence-electron chi connectivity index (χ2n) is 2.72. The maximum absolute atomic E-state index is 11.4. The molecular weight excluding hydrogens is 180 g/mol. The molecule has 0 heterocycles. The van der Waals surface area contributed by atoms with Gasteiger partial charge < -0.3 is 10.5 Å². The van der Waals surface area contributed by atoms with Crippen LogP contribution in [0.3, 0.4) is 0 Å². The van der Waals surface area contributed by atoms with Gasteiger partial charge in [0.2, 0.25) is 0 Å². The summed E-state index contributed by atoms with van der Waals surface area (Å²) in [7, 11) is 0. The molecule has 4 heteroatoms. The van der Waals surface area contributed by atoms with E-state index in [0.29, 0.717) is 12.1 Å². The average molecular weight is 192 g/mol. The number of hydrogen-bond acceptors (Lipinski definition) is 3. The van der Waals surface area contributed by atoms with Crippen molar-refractivity contribution in [3.05, 3.63) is 30.3 Å². The van der Waals surface area contributed by atoms with Crippen molar-refractivity contribution >= 4 is 17.3 Å². The normalized spacial score (nSPS) is 11.1. The number of para-hydroxylation sites is 1. The topological polar surface area (TPSA) is 61.7 Å². The molecule has 0 aliphatic heterocycles. The van der Waals surface area contributed by atoms with Crippen molar-refractivity contribution in [2.24, 2.45) is 5.16 Å². The molecule has 0 bridgehead atoms. The average Bonchev–Trinajstić information content (AvgIpc) is 2.21. The second-order valence-corrected chi connectivity index (χ2v) is 2.72. The van der Waals surface area contributed by atoms with Gasteiger partial charge in [0.1, 0.15) is 5.71 Å². The molecule has 0 saturated heterocycles. The molecule has 0 fully saturated rings. The van der Waals surface area contributed by atoms with E-state index in [1.807, 2.05) is 18.2 Å². The second kappa shape index (κ2) is 5.01. The Balaban J connectivity index is 2.66. The van der Waals surface area contributed by atoms with Crippen LogP contribution in [0.4, 0.5) is 5.69 Å². The van der Waals surface area contributed by atoms with Crippen LogP contribution in [-0.2, 0) is 4.79 Å². The third-order valence-electron chi connectivity index (χ3n) is 1.75. The molecule has 0 radical (unpaired) electrons. The summed E-state index contributed by atoms with van der Waals surface area (Å²) in [5, 5.41) is 14.0. The highest BCUT2D eigenvalue weighted by atomic mass is 16.4. The van der Waals surface area contributed by atoms with Gasteiger partial charge in [-0.3, -0.25) is 4.79 Å². The van der Waals surface area contributed by atoms with Crippen LogP contribution < -0.4 is 5.32 Å². The highest BCUT2D eigenvalue weighted by Gasteiger charge is 2.09. The van der Waals surface area contributed by atoms with Crippen LogP contribution in [0.1, 0.15) is 13.3 Å². The monoisotopic (exact) mass is 192 g/mol. The maximum atomic E-state index is 11.4. The summed E-state index contributed by atoms with van der Waals surface area (Å²) >= 11 is 0. The smallest absolute Gasteiger partial charge is 0.273 e. The van der Waals surface area contributed by atoms with Gasteiger partial charge in [0, 0.05) is 5.69 Å². The lowest BCUT2D eigenvalue weighted by Gasteiger charge is -2.03. The van der Waals surface area contributed by atoms with Gasteiger partial charge in [-0.15, -0.1) is 0 Å². The highest BCUT2D eigenvalue weighted by molar-refractivity contribution is 6.42. The summed E-state index contributed by atoms with van der Waals surface area (Å²) in [6.45, 7) is 1.75. The molecule has 1 amide bonds. The minimum Gasteiger partial charge on any atom is -0.410 e. The number of anilines is 1. The number of rotatable bonds is 3. The Morgan fingerprint density at radius 2 is 2.07 bits per heavy atom. The van der Waals surface area contributed by atoms with Crippen LogP contribution >= 0.6 is 0 Å². The Kier molecular flexibility index (Phi) is 3.67. The lowest BCUT2D eigenvalue weighted by molar-refractivity contribution is -0.110. The molecule has 2 N–H and O–H groups in total. The number of carbonyl (C=O) groups excluding carboxylic acids is 1. The van der Waals surface area contributed by atoms with E-state index in [4.69, 9.17) is 5.21 Å². The van der Waals surface area contributed by atoms with Crippen molar-refractivity contribution in [3.63, 3.8) is 0 Å². The number of nitrogens with one attached hydrogen (secondary N) is 1. The van der Waals surface area contributed by atoms with Crippen LogP contribution in [0, 0.1) is 0 Å². The van der Waals surface area contributed by atoms with Gasteiger partial charge in [-0.2, -0.15) is 0 Å². The molecule has 0 aliphatic carbocycles. The van der Waals surface area contributed by atoms with E-state index in [2.05, 4.69) is 10.5 Å². The predicted octanol–water partition coefficient (Wildman–Crippen LogP) is 1.87. The van der Waals surface area contributed by atoms with Crippen molar-refractivity contribution in [1.82, 2.24) is 0 Å². The highest BCUT2D eigenvalue weighted by Crippen LogP contribution is 2.05. The van der Waals surface area contributed by atoms with Gasteiger partial charge >= 0.3 is 0 Å². The van der Waals surface area contributed by atoms with Crippen molar-refractivity contribution in [1.29, 1.82) is 0 Å². The van der Waals surface area contributed by atoms with Gasteiger partial charge in [0.05, 0.1) is 0 Å². The van der Waals surface area contributed by atoms with Gasteiger partial charge in [-0.1, -0.05) is 30.3 Å². The number of hydrogen-bond donors (Lipinski definition) is 2. The zero-order valence-electron chi connectivity index (χ0n) is 7.90. The van der Waals surface area contributed by atoms with Crippen molar-refractivity contribution in [2.45, 2.75) is 13.3 Å². The SMILES string of the molecule is CC/C(=N\O)C(=O)Nc1ccccc1. The predicted molar refractivity (Wildman–Crippen MR) is 54.6 cm³/mol. The lowest BCUT2D eigenvalue weighted by atomic mass is 10.2. The Morgan fingerprint density at radius 3 is 2.57 bits per heavy atom. The zero-order valence-corrected chi connectivity index (χ0v) is 7.90. The van der Waals surface area contributed by atoms with Crippen LogP contribution in [0.5, 0.6) is 0 Å². The zero-order chi connectivity index (χ0) is 10.4. The molecular formula is C10H12N2O2. The lowest BCUT2D eigenvalue weighted by Crippen LogP contribution is -2.22. The fraction of sp³-hybridized carbons (Fsp3) is 0.200. The molecule has 1 aromatic carbocycles. The van der Waals surface area contributed by atoms with Gasteiger partial charge in [0.25, 0.3) is 5.91 Å². The number of carbonyl (C=O) groups is 1. The van der Waals surface area contributed by atoms with E-state index in [1.54, 1.807) is 19.1 Å². The Hall–Kier alpha value is -1.84. The van der Waals surface area contributed by atoms with Crippen molar-refractivity contribution < 1.29 is 10.0 Å². The molecule has 0 atom stereocenters. The summed E-state index contributed by atoms with van der Waals surface area (Å²) in [4.78, 5) is 11.4. The molecule has 74 valence electrons. The third-order valence-corrected chi connectivity index (χ3v) is 1.75. The van der Waals surface area contributed by atoms with Crippen LogP contribution in [0.15, 0.2) is 35.5 Å². The molecule has 0 aromatic heterocycles. The molecule has 14 heavy (non-hydrogen) atoms. The van der Waals surface area contributed by atoms with E-state index in [9.17, 15) is 4.79 Å². The number of oxime groups is 1. The Labute approximate surface area is 82.2 Å². The minimum absolute atomic E-state index is 0.119. The Bertz CT molecular complexity index is 333. The fourth-order valence-electron chi connectivity index (χ4n) is 1.00. The first kappa shape index (κ1) is 10.2. The third kappa shape index (κ3) is 2.58. The first-order valence-electron chi connectivity index (χ1n) is 4.35. The van der Waals surface area contributed by atoms with Crippen molar-refractivity contribution in [2.75, 3.05) is 5.32 Å². The summed E-state index contributed by atoms with van der Waals surface area (Å²) in [5.41, 5.74) is 0.806. The van der Waals surface area contributed by atoms with Gasteiger partial charge in [0.15, 0.2) is 0 Å². The minimum atomic E-state index is -0.374. The molecule has 1 aromatic rings. The summed E-state index contributed by atoms with van der Waals surface area (Å²) < 4.78 is 0. The number of benzene rings is 1. The summed E-state index contributed by atoms with van der Waals surface area (Å²) in [5.74, 6) is -0.374. The largest absolute Gasteiger partial charge is 0.410 e. The molecule has 1 rings (SSSR count). The standard InChI is InChI=1S/C10H12N2O2/c1-2-9(12-14)10(13)11-8-6-4-3-5-7-8/h3-7,14H,2H2,1H3,(H,11,13)/b12-9+. The quantitative estimate of drug-likeness (QED) is 0.436. The van der Waals surface area contributed by atoms with Gasteiger partial charge in [-0.05, 0) is 18.6 Å². The van der Waals surface area contributed by atoms with Crippen molar-refractivity contribution in [3.8, 4) is 0 Å². The first-order valence-corrected chi connectivity index (χ1v) is 4.35. The maximum Gasteiger partial charge on any atom is 0.273 e. The molecule has 0 unspecified atom stereocenters. The molecule has 0 aliphatic rings. The van der Waals surface area contributed by atoms with E-state index in [0.717, 1.165) is 0 Å². The van der Waals surface area contributed by atoms with Crippen LogP contribution in [-0.4, -0.2) is 16.8 Å². The Morgan fingerprint density at radius 1 is 1.43 bits per heavy atom. The first-order chi connectivity index (χ1) is 6.77. The number of nitrogens with zero attached hydrogens (tertiary/aromatic N) is 1. The van der Waals surface area contributed by atoms with E-state index in [1.165, 1.54) is 0 Å². The molecule has 0 spiro atoms. The summed E-state index contributed by atoms with van der Waals surface area (Å²) in [6.07, 6.45) is 0.398. The van der Waals surface area contributed by atoms with E-state index < -0.39 is 0 Å². The fourth-order valence-corrected chi connectivity index (χ4v) is 1.00. The number of amides is 1. The van der Waals surface area contributed by atoms with Crippen LogP contribution in [0.2, 0.25) is 0 Å². The van der Waals surface area contributed by atoms with E-state index in [-0.39, 0.29) is 11.6 Å². The van der Waals surface area contributed by atoms with Crippen LogP contribution in [0.25, 0.3) is 0 Å². The molecule has 0 saturated carbocycles. The summed E-state index contributed by atoms with van der Waals surface area (Å²) in [6, 6.07) is 9.02.